The second-order valence-electron chi connectivity index (χ2n) is 3.72. The number of nitrogens with one attached hydrogen (secondary N) is 1. The monoisotopic (exact) mass is 302 g/mol. The molecule has 0 saturated heterocycles. The lowest BCUT2D eigenvalue weighted by molar-refractivity contribution is -0.136. The molecule has 2 rings (SSSR count). The number of hydrogen-bond donors (Lipinski definition) is 2. The number of aryl methyl sites for hydroxylation is 1. The number of carbonyl (C=O) groups is 1. The maximum Gasteiger partial charge on any atom is 0.308 e. The molecule has 0 unspecified atom stereocenters. The summed E-state index contributed by atoms with van der Waals surface area (Å²) >= 11 is 0.905. The largest absolute Gasteiger partial charge is 0.481 e. The molecule has 0 amide bonds. The quantitative estimate of drug-likeness (QED) is 0.865. The van der Waals surface area contributed by atoms with Gasteiger partial charge < -0.3 is 9.63 Å². The predicted molar refractivity (Wildman–Crippen MR) is 67.7 cm³/mol. The van der Waals surface area contributed by atoms with E-state index in [1.807, 2.05) is 0 Å². The zero-order chi connectivity index (χ0) is 14.0. The molecule has 0 radical (unpaired) electrons. The van der Waals surface area contributed by atoms with Crippen molar-refractivity contribution in [2.45, 2.75) is 17.6 Å². The van der Waals surface area contributed by atoms with E-state index in [-0.39, 0.29) is 16.4 Å². The second-order valence-corrected chi connectivity index (χ2v) is 6.80. The SMILES string of the molecule is Cc1cc(NS(=O)(=O)c2ccc(CC(=O)O)s2)no1. The molecule has 0 bridgehead atoms. The summed E-state index contributed by atoms with van der Waals surface area (Å²) in [5, 5.41) is 12.2. The van der Waals surface area contributed by atoms with Gasteiger partial charge in [-0.05, 0) is 19.1 Å². The minimum absolute atomic E-state index is 0.0319. The second kappa shape index (κ2) is 5.02. The summed E-state index contributed by atoms with van der Waals surface area (Å²) in [6, 6.07) is 4.28. The normalized spacial score (nSPS) is 11.4. The Morgan fingerprint density at radius 2 is 2.26 bits per heavy atom. The van der Waals surface area contributed by atoms with E-state index in [1.165, 1.54) is 18.2 Å². The average molecular weight is 302 g/mol. The van der Waals surface area contributed by atoms with Gasteiger partial charge in [-0.15, -0.1) is 11.3 Å². The third-order valence-electron chi connectivity index (χ3n) is 2.09. The minimum atomic E-state index is -3.76. The van der Waals surface area contributed by atoms with Crippen LogP contribution in [0.1, 0.15) is 10.6 Å². The molecule has 2 heterocycles. The Bertz CT molecular complexity index is 701. The van der Waals surface area contributed by atoms with Gasteiger partial charge >= 0.3 is 5.97 Å². The molecule has 0 aromatic carbocycles. The molecular weight excluding hydrogens is 292 g/mol. The van der Waals surface area contributed by atoms with E-state index >= 15 is 0 Å². The van der Waals surface area contributed by atoms with Crippen molar-refractivity contribution in [2.75, 3.05) is 4.72 Å². The van der Waals surface area contributed by atoms with E-state index in [1.54, 1.807) is 6.92 Å². The number of thiophene rings is 1. The lowest BCUT2D eigenvalue weighted by Crippen LogP contribution is -2.11. The Labute approximate surface area is 112 Å². The van der Waals surface area contributed by atoms with Crippen LogP contribution in [0.15, 0.2) is 26.9 Å². The molecule has 7 nitrogen and oxygen atoms in total. The van der Waals surface area contributed by atoms with E-state index in [9.17, 15) is 13.2 Å². The number of aliphatic carboxylic acids is 1. The van der Waals surface area contributed by atoms with Crippen LogP contribution in [0, 0.1) is 6.92 Å². The molecule has 0 aliphatic heterocycles. The molecule has 0 spiro atoms. The molecule has 102 valence electrons. The van der Waals surface area contributed by atoms with Crippen LogP contribution < -0.4 is 4.72 Å². The first kappa shape index (κ1) is 13.6. The van der Waals surface area contributed by atoms with Crippen molar-refractivity contribution in [2.24, 2.45) is 0 Å². The van der Waals surface area contributed by atoms with Crippen molar-refractivity contribution >= 4 is 33.1 Å². The Morgan fingerprint density at radius 3 is 2.84 bits per heavy atom. The molecule has 0 saturated carbocycles. The molecule has 0 aliphatic carbocycles. The summed E-state index contributed by atoms with van der Waals surface area (Å²) in [6.07, 6.45) is -0.205. The highest BCUT2D eigenvalue weighted by Crippen LogP contribution is 2.24. The maximum atomic E-state index is 12.0. The van der Waals surface area contributed by atoms with Crippen LogP contribution in [-0.2, 0) is 21.2 Å². The lowest BCUT2D eigenvalue weighted by Gasteiger charge is -2.00. The molecule has 2 aromatic rings. The van der Waals surface area contributed by atoms with Crippen molar-refractivity contribution in [3.8, 4) is 0 Å². The van der Waals surface area contributed by atoms with Gasteiger partial charge in [-0.3, -0.25) is 9.52 Å². The average Bonchev–Trinajstić information content (AvgIpc) is 2.87. The van der Waals surface area contributed by atoms with Crippen LogP contribution in [0.2, 0.25) is 0 Å². The standard InChI is InChI=1S/C10H10N2O5S2/c1-6-4-8(11-17-6)12-19(15,16)10-3-2-7(18-10)5-9(13)14/h2-4H,5H2,1H3,(H,11,12)(H,13,14). The van der Waals surface area contributed by atoms with Gasteiger partial charge in [-0.2, -0.15) is 0 Å². The number of rotatable bonds is 5. The van der Waals surface area contributed by atoms with Crippen molar-refractivity contribution in [3.05, 3.63) is 28.8 Å². The highest BCUT2D eigenvalue weighted by molar-refractivity contribution is 7.94. The Kier molecular flexibility index (Phi) is 3.58. The number of hydrogen-bond acceptors (Lipinski definition) is 6. The summed E-state index contributed by atoms with van der Waals surface area (Å²) in [7, 11) is -3.76. The van der Waals surface area contributed by atoms with Gasteiger partial charge in [0.05, 0.1) is 6.42 Å². The first-order valence-corrected chi connectivity index (χ1v) is 7.43. The third-order valence-corrected chi connectivity index (χ3v) is 5.03. The topological polar surface area (TPSA) is 110 Å². The minimum Gasteiger partial charge on any atom is -0.481 e. The molecular formula is C10H10N2O5S2. The molecule has 2 aromatic heterocycles. The van der Waals surface area contributed by atoms with Gasteiger partial charge in [-0.25, -0.2) is 8.42 Å². The van der Waals surface area contributed by atoms with Crippen LogP contribution in [0.5, 0.6) is 0 Å². The van der Waals surface area contributed by atoms with E-state index in [2.05, 4.69) is 9.88 Å². The molecule has 0 atom stereocenters. The summed E-state index contributed by atoms with van der Waals surface area (Å²) in [4.78, 5) is 11.0. The lowest BCUT2D eigenvalue weighted by atomic mass is 10.3. The van der Waals surface area contributed by atoms with Crippen molar-refractivity contribution in [1.82, 2.24) is 5.16 Å². The molecule has 9 heteroatoms. The highest BCUT2D eigenvalue weighted by Gasteiger charge is 2.19. The third kappa shape index (κ3) is 3.32. The summed E-state index contributed by atoms with van der Waals surface area (Å²) < 4.78 is 31.0. The number of anilines is 1. The molecule has 19 heavy (non-hydrogen) atoms. The van der Waals surface area contributed by atoms with Gasteiger partial charge in [-0.1, -0.05) is 5.16 Å². The first-order chi connectivity index (χ1) is 8.87. The Balaban J connectivity index is 2.19. The number of carboxylic acids is 1. The maximum absolute atomic E-state index is 12.0. The fraction of sp³-hybridized carbons (Fsp3) is 0.200. The van der Waals surface area contributed by atoms with E-state index < -0.39 is 16.0 Å². The van der Waals surface area contributed by atoms with Gasteiger partial charge in [0.1, 0.15) is 9.97 Å². The van der Waals surface area contributed by atoms with E-state index in [4.69, 9.17) is 9.63 Å². The van der Waals surface area contributed by atoms with Crippen LogP contribution >= 0.6 is 11.3 Å². The van der Waals surface area contributed by atoms with Gasteiger partial charge in [0.15, 0.2) is 5.82 Å². The van der Waals surface area contributed by atoms with E-state index in [0.717, 1.165) is 11.3 Å². The summed E-state index contributed by atoms with van der Waals surface area (Å²) in [6.45, 7) is 1.64. The summed E-state index contributed by atoms with van der Waals surface area (Å²) in [5.41, 5.74) is 0. The fourth-order valence-electron chi connectivity index (χ4n) is 1.35. The number of aromatic nitrogens is 1. The summed E-state index contributed by atoms with van der Waals surface area (Å²) in [5.74, 6) is -0.438. The number of sulfonamides is 1. The molecule has 0 aliphatic rings. The van der Waals surface area contributed by atoms with Crippen LogP contribution in [0.3, 0.4) is 0 Å². The van der Waals surface area contributed by atoms with Crippen LogP contribution in [0.25, 0.3) is 0 Å². The van der Waals surface area contributed by atoms with Crippen molar-refractivity contribution in [3.63, 3.8) is 0 Å². The number of nitrogens with zero attached hydrogens (tertiary/aromatic N) is 1. The zero-order valence-electron chi connectivity index (χ0n) is 9.78. The predicted octanol–water partition coefficient (Wildman–Crippen LogP) is 1.47. The highest BCUT2D eigenvalue weighted by atomic mass is 32.2. The zero-order valence-corrected chi connectivity index (χ0v) is 11.4. The Hall–Kier alpha value is -1.87. The van der Waals surface area contributed by atoms with Gasteiger partial charge in [0.25, 0.3) is 10.0 Å². The Morgan fingerprint density at radius 1 is 1.53 bits per heavy atom. The van der Waals surface area contributed by atoms with Crippen LogP contribution in [-0.4, -0.2) is 24.7 Å². The van der Waals surface area contributed by atoms with Crippen molar-refractivity contribution in [1.29, 1.82) is 0 Å². The van der Waals surface area contributed by atoms with Gasteiger partial charge in [0.2, 0.25) is 0 Å². The number of carboxylic acid groups (broad SMARTS) is 1. The van der Waals surface area contributed by atoms with Crippen LogP contribution in [0.4, 0.5) is 5.82 Å². The van der Waals surface area contributed by atoms with Crippen molar-refractivity contribution < 1.29 is 22.8 Å². The smallest absolute Gasteiger partial charge is 0.308 e. The van der Waals surface area contributed by atoms with E-state index in [0.29, 0.717) is 10.6 Å². The molecule has 2 N–H and O–H groups in total. The first-order valence-electron chi connectivity index (χ1n) is 5.13. The van der Waals surface area contributed by atoms with Gasteiger partial charge in [0, 0.05) is 10.9 Å². The fourth-order valence-corrected chi connectivity index (χ4v) is 3.68. The molecule has 0 fully saturated rings.